The summed E-state index contributed by atoms with van der Waals surface area (Å²) in [6, 6.07) is 7.14. The fraction of sp³-hybridized carbons (Fsp3) is 0.348. The first-order valence-electron chi connectivity index (χ1n) is 10.7. The number of hydrogen-bond acceptors (Lipinski definition) is 6. The van der Waals surface area contributed by atoms with Crippen LogP contribution < -0.4 is 5.32 Å². The van der Waals surface area contributed by atoms with E-state index in [2.05, 4.69) is 25.3 Å². The predicted molar refractivity (Wildman–Crippen MR) is 114 cm³/mol. The van der Waals surface area contributed by atoms with Gasteiger partial charge in [0.2, 0.25) is 0 Å². The maximum absolute atomic E-state index is 13.7. The molecular weight excluding hydrogens is 433 g/mol. The molecular formula is C23H21F3N6O. The van der Waals surface area contributed by atoms with Crippen molar-refractivity contribution in [3.63, 3.8) is 0 Å². The summed E-state index contributed by atoms with van der Waals surface area (Å²) in [7, 11) is 0. The Balaban J connectivity index is 1.39. The zero-order valence-corrected chi connectivity index (χ0v) is 17.8. The number of amides is 1. The van der Waals surface area contributed by atoms with Crippen LogP contribution in [-0.2, 0) is 6.18 Å². The molecule has 2 bridgehead atoms. The van der Waals surface area contributed by atoms with E-state index in [1.54, 1.807) is 24.5 Å². The molecule has 5 rings (SSSR count). The smallest absolute Gasteiger partial charge is 0.364 e. The van der Waals surface area contributed by atoms with Gasteiger partial charge in [-0.15, -0.1) is 0 Å². The molecule has 0 aliphatic carbocycles. The highest BCUT2D eigenvalue weighted by atomic mass is 19.4. The molecule has 0 saturated carbocycles. The van der Waals surface area contributed by atoms with E-state index in [0.717, 1.165) is 30.8 Å². The molecule has 10 heteroatoms. The number of aryl methyl sites for hydroxylation is 1. The van der Waals surface area contributed by atoms with Crippen molar-refractivity contribution in [3.8, 4) is 11.4 Å². The molecule has 3 unspecified atom stereocenters. The van der Waals surface area contributed by atoms with Crippen LogP contribution in [0.15, 0.2) is 49.1 Å². The zero-order valence-electron chi connectivity index (χ0n) is 17.8. The number of benzene rings is 1. The minimum absolute atomic E-state index is 0.0486. The van der Waals surface area contributed by atoms with Crippen LogP contribution in [-0.4, -0.2) is 48.9 Å². The Bertz CT molecular complexity index is 1170. The van der Waals surface area contributed by atoms with Gasteiger partial charge in [-0.25, -0.2) is 19.9 Å². The van der Waals surface area contributed by atoms with Crippen molar-refractivity contribution in [2.24, 2.45) is 0 Å². The van der Waals surface area contributed by atoms with Crippen LogP contribution in [0, 0.1) is 6.92 Å². The molecule has 7 nitrogen and oxygen atoms in total. The van der Waals surface area contributed by atoms with Crippen molar-refractivity contribution in [2.75, 3.05) is 5.32 Å². The molecule has 1 amide bonds. The van der Waals surface area contributed by atoms with Crippen molar-refractivity contribution in [1.29, 1.82) is 0 Å². The van der Waals surface area contributed by atoms with Gasteiger partial charge < -0.3 is 10.2 Å². The zero-order chi connectivity index (χ0) is 23.2. The summed E-state index contributed by atoms with van der Waals surface area (Å²) in [6.07, 6.45) is 2.96. The van der Waals surface area contributed by atoms with Crippen LogP contribution in [0.1, 0.15) is 40.9 Å². The van der Waals surface area contributed by atoms with Crippen LogP contribution in [0.4, 0.5) is 19.0 Å². The molecule has 2 aliphatic heterocycles. The SMILES string of the molecule is Cc1cccc(C(=O)N2C3CCC2C(Nc2cnc(C(F)(F)F)cn2)C3)c1-c1ncccn1. The molecule has 1 N–H and O–H groups in total. The fourth-order valence-electron chi connectivity index (χ4n) is 4.91. The van der Waals surface area contributed by atoms with Crippen molar-refractivity contribution >= 4 is 11.7 Å². The quantitative estimate of drug-likeness (QED) is 0.639. The topological polar surface area (TPSA) is 83.9 Å². The summed E-state index contributed by atoms with van der Waals surface area (Å²) in [6.45, 7) is 1.93. The number of anilines is 1. The molecule has 2 aromatic heterocycles. The van der Waals surface area contributed by atoms with Gasteiger partial charge >= 0.3 is 6.18 Å². The fourth-order valence-corrected chi connectivity index (χ4v) is 4.91. The first-order valence-corrected chi connectivity index (χ1v) is 10.7. The van der Waals surface area contributed by atoms with E-state index in [0.29, 0.717) is 23.4 Å². The van der Waals surface area contributed by atoms with E-state index in [1.165, 1.54) is 0 Å². The Morgan fingerprint density at radius 2 is 1.85 bits per heavy atom. The van der Waals surface area contributed by atoms with Crippen molar-refractivity contribution in [2.45, 2.75) is 50.5 Å². The summed E-state index contributed by atoms with van der Waals surface area (Å²) < 4.78 is 38.3. The third kappa shape index (κ3) is 3.90. The van der Waals surface area contributed by atoms with E-state index in [4.69, 9.17) is 0 Å². The second-order valence-electron chi connectivity index (χ2n) is 8.35. The summed E-state index contributed by atoms with van der Waals surface area (Å²) >= 11 is 0. The summed E-state index contributed by atoms with van der Waals surface area (Å²) in [4.78, 5) is 31.6. The highest BCUT2D eigenvalue weighted by molar-refractivity contribution is 6.01. The minimum Gasteiger partial charge on any atom is -0.364 e. The Hall–Kier alpha value is -3.56. The number of nitrogens with zero attached hydrogens (tertiary/aromatic N) is 5. The monoisotopic (exact) mass is 454 g/mol. The standard InChI is InChI=1S/C23H21F3N6O/c1-13-4-2-5-15(20(13)21-27-8-3-9-28-21)22(33)32-14-6-7-17(32)16(10-14)31-19-12-29-18(11-30-19)23(24,25)26/h2-5,8-9,11-12,14,16-17H,6-7,10H2,1H3,(H,30,31). The number of alkyl halides is 3. The highest BCUT2D eigenvalue weighted by Gasteiger charge is 2.49. The summed E-state index contributed by atoms with van der Waals surface area (Å²) in [5, 5.41) is 3.19. The van der Waals surface area contributed by atoms with Gasteiger partial charge in [0.05, 0.1) is 30.0 Å². The van der Waals surface area contributed by atoms with Gasteiger partial charge in [0.25, 0.3) is 5.91 Å². The van der Waals surface area contributed by atoms with Crippen LogP contribution in [0.25, 0.3) is 11.4 Å². The minimum atomic E-state index is -4.53. The van der Waals surface area contributed by atoms with E-state index in [9.17, 15) is 18.0 Å². The highest BCUT2D eigenvalue weighted by Crippen LogP contribution is 2.41. The van der Waals surface area contributed by atoms with Gasteiger partial charge in [0, 0.05) is 24.0 Å². The Morgan fingerprint density at radius 3 is 2.55 bits per heavy atom. The van der Waals surface area contributed by atoms with Gasteiger partial charge in [0.1, 0.15) is 5.82 Å². The summed E-state index contributed by atoms with van der Waals surface area (Å²) in [5.74, 6) is 0.679. The molecule has 2 aliphatic rings. The average Bonchev–Trinajstić information content (AvgIpc) is 3.36. The lowest BCUT2D eigenvalue weighted by Crippen LogP contribution is -2.40. The number of halogens is 3. The molecule has 0 spiro atoms. The lowest BCUT2D eigenvalue weighted by Gasteiger charge is -2.26. The van der Waals surface area contributed by atoms with E-state index in [-0.39, 0.29) is 29.9 Å². The lowest BCUT2D eigenvalue weighted by molar-refractivity contribution is -0.141. The van der Waals surface area contributed by atoms with E-state index < -0.39 is 11.9 Å². The number of carbonyl (C=O) groups excluding carboxylic acids is 1. The first kappa shape index (κ1) is 21.3. The van der Waals surface area contributed by atoms with Crippen LogP contribution in [0.3, 0.4) is 0 Å². The van der Waals surface area contributed by atoms with Crippen molar-refractivity contribution in [1.82, 2.24) is 24.8 Å². The second-order valence-corrected chi connectivity index (χ2v) is 8.35. The molecule has 3 aromatic rings. The number of carbonyl (C=O) groups is 1. The normalized spacial score (nSPS) is 21.9. The molecule has 170 valence electrons. The van der Waals surface area contributed by atoms with Crippen molar-refractivity contribution < 1.29 is 18.0 Å². The Morgan fingerprint density at radius 1 is 1.06 bits per heavy atom. The number of rotatable bonds is 4. The van der Waals surface area contributed by atoms with Gasteiger partial charge in [-0.2, -0.15) is 13.2 Å². The molecule has 33 heavy (non-hydrogen) atoms. The molecule has 2 saturated heterocycles. The Kier molecular flexibility index (Phi) is 5.22. The maximum Gasteiger partial charge on any atom is 0.434 e. The number of nitrogens with one attached hydrogen (secondary N) is 1. The van der Waals surface area contributed by atoms with E-state index in [1.807, 2.05) is 24.0 Å². The van der Waals surface area contributed by atoms with Gasteiger partial charge in [0.15, 0.2) is 11.5 Å². The van der Waals surface area contributed by atoms with Gasteiger partial charge in [-0.05, 0) is 43.9 Å². The summed E-state index contributed by atoms with van der Waals surface area (Å²) in [5.41, 5.74) is 1.14. The first-order chi connectivity index (χ1) is 15.8. The van der Waals surface area contributed by atoms with Gasteiger partial charge in [-0.3, -0.25) is 4.79 Å². The second kappa shape index (κ2) is 8.09. The van der Waals surface area contributed by atoms with Crippen LogP contribution in [0.5, 0.6) is 0 Å². The third-order valence-electron chi connectivity index (χ3n) is 6.34. The molecule has 0 radical (unpaired) electrons. The number of hydrogen-bond donors (Lipinski definition) is 1. The third-order valence-corrected chi connectivity index (χ3v) is 6.34. The maximum atomic E-state index is 13.7. The molecule has 1 aromatic carbocycles. The Labute approximate surface area is 188 Å². The van der Waals surface area contributed by atoms with Crippen LogP contribution >= 0.6 is 0 Å². The van der Waals surface area contributed by atoms with Crippen LogP contribution in [0.2, 0.25) is 0 Å². The van der Waals surface area contributed by atoms with E-state index >= 15 is 0 Å². The molecule has 3 atom stereocenters. The number of fused-ring (bicyclic) bond motifs is 2. The van der Waals surface area contributed by atoms with Crippen molar-refractivity contribution in [3.05, 3.63) is 65.9 Å². The predicted octanol–water partition coefficient (Wildman–Crippen LogP) is 4.12. The lowest BCUT2D eigenvalue weighted by atomic mass is 9.95. The average molecular weight is 454 g/mol. The molecule has 2 fully saturated rings. The largest absolute Gasteiger partial charge is 0.434 e. The van der Waals surface area contributed by atoms with Gasteiger partial charge in [-0.1, -0.05) is 12.1 Å². The number of aromatic nitrogens is 4. The molecule has 4 heterocycles.